The van der Waals surface area contributed by atoms with Crippen LogP contribution in [0.1, 0.15) is 0 Å². The molecule has 0 amide bonds. The number of aliphatic hydroxyl groups is 1. The molecule has 1 aromatic rings. The molecule has 1 unspecified atom stereocenters. The normalized spacial score (nSPS) is 21.0. The van der Waals surface area contributed by atoms with Crippen LogP contribution in [-0.2, 0) is 4.74 Å². The van der Waals surface area contributed by atoms with E-state index in [1.54, 1.807) is 11.0 Å². The highest BCUT2D eigenvalue weighted by Crippen LogP contribution is 2.22. The third kappa shape index (κ3) is 2.31. The van der Waals surface area contributed by atoms with Gasteiger partial charge in [0.15, 0.2) is 0 Å². The lowest BCUT2D eigenvalue weighted by Gasteiger charge is -2.21. The lowest BCUT2D eigenvalue weighted by molar-refractivity contribution is 0.179. The van der Waals surface area contributed by atoms with E-state index in [1.165, 1.54) is 0 Å². The summed E-state index contributed by atoms with van der Waals surface area (Å²) in [5.41, 5.74) is 0. The predicted octanol–water partition coefficient (Wildman–Crippen LogP) is 0.938. The van der Waals surface area contributed by atoms with Crippen molar-refractivity contribution >= 4 is 29.0 Å². The topological polar surface area (TPSA) is 58.5 Å². The Kier molecular flexibility index (Phi) is 3.25. The molecule has 2 rings (SSSR count). The highest BCUT2D eigenvalue weighted by Gasteiger charge is 2.26. The Labute approximate surface area is 96.6 Å². The monoisotopic (exact) mass is 249 g/mol. The van der Waals surface area contributed by atoms with E-state index in [-0.39, 0.29) is 23.1 Å². The van der Waals surface area contributed by atoms with Gasteiger partial charge in [-0.3, -0.25) is 0 Å². The van der Waals surface area contributed by atoms with Crippen molar-refractivity contribution in [1.82, 2.24) is 9.97 Å². The summed E-state index contributed by atoms with van der Waals surface area (Å²) >= 11 is 11.4. The van der Waals surface area contributed by atoms with E-state index in [9.17, 15) is 0 Å². The first-order valence-electron chi connectivity index (χ1n) is 4.36. The smallest absolute Gasteiger partial charge is 0.225 e. The van der Waals surface area contributed by atoms with Crippen molar-refractivity contribution in [2.24, 2.45) is 0 Å². The Morgan fingerprint density at radius 2 is 2.33 bits per heavy atom. The number of ether oxygens (including phenoxy) is 1. The van der Waals surface area contributed by atoms with Gasteiger partial charge in [0.2, 0.25) is 5.28 Å². The zero-order chi connectivity index (χ0) is 10.8. The summed E-state index contributed by atoms with van der Waals surface area (Å²) in [6.07, 6.45) is 0. The third-order valence-electron chi connectivity index (χ3n) is 2.14. The van der Waals surface area contributed by atoms with Crippen molar-refractivity contribution in [2.45, 2.75) is 6.04 Å². The fraction of sp³-hybridized carbons (Fsp3) is 0.500. The van der Waals surface area contributed by atoms with Crippen molar-refractivity contribution in [3.05, 3.63) is 16.5 Å². The number of aliphatic hydroxyl groups excluding tert-OH is 1. The van der Waals surface area contributed by atoms with Crippen LogP contribution in [0.25, 0.3) is 0 Å². The molecule has 1 aliphatic heterocycles. The lowest BCUT2D eigenvalue weighted by atomic mass is 10.3. The molecule has 2 heterocycles. The highest BCUT2D eigenvalue weighted by molar-refractivity contribution is 6.32. The Bertz CT molecular complexity index is 343. The average Bonchev–Trinajstić information content (AvgIpc) is 2.63. The maximum atomic E-state index is 9.11. The van der Waals surface area contributed by atoms with E-state index in [0.717, 1.165) is 0 Å². The number of hydrogen-bond donors (Lipinski definition) is 1. The minimum absolute atomic E-state index is 0.000753. The van der Waals surface area contributed by atoms with Gasteiger partial charge >= 0.3 is 0 Å². The molecule has 1 N–H and O–H groups in total. The minimum Gasteiger partial charge on any atom is -0.394 e. The van der Waals surface area contributed by atoms with Gasteiger partial charge in [0.25, 0.3) is 0 Å². The molecule has 1 saturated heterocycles. The molecular formula is C8H9Cl2N3O2. The zero-order valence-corrected chi connectivity index (χ0v) is 9.24. The summed E-state index contributed by atoms with van der Waals surface area (Å²) in [5, 5.41) is 9.46. The zero-order valence-electron chi connectivity index (χ0n) is 7.73. The molecule has 1 atom stereocenters. The van der Waals surface area contributed by atoms with Crippen LogP contribution in [0.5, 0.6) is 0 Å². The summed E-state index contributed by atoms with van der Waals surface area (Å²) in [5.74, 6) is 0.566. The molecule has 0 aromatic carbocycles. The Morgan fingerprint density at radius 3 is 3.00 bits per heavy atom. The molecule has 1 aliphatic rings. The third-order valence-corrected chi connectivity index (χ3v) is 2.50. The standard InChI is InChI=1S/C8H9Cl2N3O2/c9-6-1-7(12-8(10)11-6)13-4-15-3-5(13)2-14/h1,5,14H,2-4H2. The Morgan fingerprint density at radius 1 is 1.53 bits per heavy atom. The van der Waals surface area contributed by atoms with E-state index < -0.39 is 0 Å². The second kappa shape index (κ2) is 4.49. The molecule has 15 heavy (non-hydrogen) atoms. The van der Waals surface area contributed by atoms with Gasteiger partial charge in [-0.15, -0.1) is 0 Å². The fourth-order valence-corrected chi connectivity index (χ4v) is 1.81. The Balaban J connectivity index is 2.28. The summed E-state index contributed by atoms with van der Waals surface area (Å²) in [6, 6.07) is 1.48. The van der Waals surface area contributed by atoms with E-state index in [2.05, 4.69) is 9.97 Å². The lowest BCUT2D eigenvalue weighted by Crippen LogP contribution is -2.34. The van der Waals surface area contributed by atoms with E-state index >= 15 is 0 Å². The number of aromatic nitrogens is 2. The maximum Gasteiger partial charge on any atom is 0.225 e. The average molecular weight is 250 g/mol. The molecule has 0 saturated carbocycles. The molecule has 0 spiro atoms. The van der Waals surface area contributed by atoms with E-state index in [4.69, 9.17) is 33.0 Å². The second-order valence-corrected chi connectivity index (χ2v) is 3.85. The van der Waals surface area contributed by atoms with Crippen molar-refractivity contribution in [2.75, 3.05) is 24.8 Å². The highest BCUT2D eigenvalue weighted by atomic mass is 35.5. The first kappa shape index (κ1) is 10.9. The molecule has 0 radical (unpaired) electrons. The first-order valence-corrected chi connectivity index (χ1v) is 5.11. The van der Waals surface area contributed by atoms with Crippen LogP contribution in [0.4, 0.5) is 5.82 Å². The van der Waals surface area contributed by atoms with Crippen molar-refractivity contribution in [3.8, 4) is 0 Å². The first-order chi connectivity index (χ1) is 7.20. The fourth-order valence-electron chi connectivity index (χ4n) is 1.41. The molecular weight excluding hydrogens is 241 g/mol. The number of nitrogens with zero attached hydrogens (tertiary/aromatic N) is 3. The summed E-state index contributed by atoms with van der Waals surface area (Å²) in [7, 11) is 0. The van der Waals surface area contributed by atoms with Gasteiger partial charge in [-0.2, -0.15) is 0 Å². The van der Waals surface area contributed by atoms with Crippen molar-refractivity contribution < 1.29 is 9.84 Å². The largest absolute Gasteiger partial charge is 0.394 e. The summed E-state index contributed by atoms with van der Waals surface area (Å²) in [4.78, 5) is 9.56. The molecule has 7 heteroatoms. The van der Waals surface area contributed by atoms with Crippen LogP contribution in [0.3, 0.4) is 0 Å². The summed E-state index contributed by atoms with van der Waals surface area (Å²) in [6.45, 7) is 0.837. The number of anilines is 1. The molecule has 1 fully saturated rings. The molecule has 0 aliphatic carbocycles. The predicted molar refractivity (Wildman–Crippen MR) is 56.2 cm³/mol. The SMILES string of the molecule is OCC1COCN1c1cc(Cl)nc(Cl)n1. The molecule has 5 nitrogen and oxygen atoms in total. The second-order valence-electron chi connectivity index (χ2n) is 3.12. The van der Waals surface area contributed by atoms with Gasteiger partial charge in [-0.1, -0.05) is 11.6 Å². The van der Waals surface area contributed by atoms with E-state index in [1.807, 2.05) is 0 Å². The van der Waals surface area contributed by atoms with Gasteiger partial charge in [-0.25, -0.2) is 9.97 Å². The van der Waals surface area contributed by atoms with E-state index in [0.29, 0.717) is 19.2 Å². The van der Waals surface area contributed by atoms with Crippen LogP contribution in [0.2, 0.25) is 10.4 Å². The molecule has 82 valence electrons. The van der Waals surface area contributed by atoms with Gasteiger partial charge < -0.3 is 14.7 Å². The van der Waals surface area contributed by atoms with Crippen LogP contribution in [-0.4, -0.2) is 41.1 Å². The van der Waals surface area contributed by atoms with Crippen LogP contribution >= 0.6 is 23.2 Å². The van der Waals surface area contributed by atoms with Crippen LogP contribution < -0.4 is 4.90 Å². The number of rotatable bonds is 2. The van der Waals surface area contributed by atoms with Gasteiger partial charge in [0.05, 0.1) is 19.3 Å². The van der Waals surface area contributed by atoms with Crippen molar-refractivity contribution in [1.29, 1.82) is 0 Å². The number of halogens is 2. The van der Waals surface area contributed by atoms with Crippen molar-refractivity contribution in [3.63, 3.8) is 0 Å². The summed E-state index contributed by atoms with van der Waals surface area (Å²) < 4.78 is 5.21. The number of hydrogen-bond acceptors (Lipinski definition) is 5. The molecule has 1 aromatic heterocycles. The minimum atomic E-state index is -0.105. The van der Waals surface area contributed by atoms with Crippen LogP contribution in [0.15, 0.2) is 6.07 Å². The quantitative estimate of drug-likeness (QED) is 0.625. The Hall–Kier alpha value is -0.620. The molecule has 0 bridgehead atoms. The van der Waals surface area contributed by atoms with Crippen LogP contribution in [0, 0.1) is 0 Å². The van der Waals surface area contributed by atoms with Gasteiger partial charge in [0, 0.05) is 6.07 Å². The van der Waals surface area contributed by atoms with Gasteiger partial charge in [0.1, 0.15) is 17.7 Å². The maximum absolute atomic E-state index is 9.11. The van der Waals surface area contributed by atoms with Gasteiger partial charge in [-0.05, 0) is 11.6 Å².